The molecule has 68 valence electrons. The molecule has 12 heavy (non-hydrogen) atoms. The van der Waals surface area contributed by atoms with E-state index < -0.39 is 0 Å². The Hall–Kier alpha value is -0.590. The van der Waals surface area contributed by atoms with Crippen LogP contribution >= 0.6 is 0 Å². The van der Waals surface area contributed by atoms with Gasteiger partial charge in [0, 0.05) is 12.8 Å². The van der Waals surface area contributed by atoms with Gasteiger partial charge in [0.15, 0.2) is 0 Å². The van der Waals surface area contributed by atoms with Crippen LogP contribution in [0.4, 0.5) is 0 Å². The predicted molar refractivity (Wildman–Crippen MR) is 51.0 cm³/mol. The molecule has 0 aromatic carbocycles. The fourth-order valence-electron chi connectivity index (χ4n) is 2.15. The number of rotatable bonds is 2. The molecule has 1 saturated carbocycles. The van der Waals surface area contributed by atoms with Crippen LogP contribution in [0.2, 0.25) is 0 Å². The summed E-state index contributed by atoms with van der Waals surface area (Å²) in [6.07, 6.45) is 4.80. The molecule has 1 nitrogen and oxygen atoms in total. The van der Waals surface area contributed by atoms with Crippen LogP contribution in [0.5, 0.6) is 0 Å². The first-order valence-electron chi connectivity index (χ1n) is 4.78. The molecule has 0 bridgehead atoms. The van der Waals surface area contributed by atoms with Crippen molar-refractivity contribution in [3.8, 4) is 0 Å². The van der Waals surface area contributed by atoms with Gasteiger partial charge >= 0.3 is 0 Å². The van der Waals surface area contributed by atoms with Crippen molar-refractivity contribution in [2.75, 3.05) is 0 Å². The third-order valence-corrected chi connectivity index (χ3v) is 3.23. The second kappa shape index (κ2) is 3.42. The van der Waals surface area contributed by atoms with E-state index in [-0.39, 0.29) is 5.41 Å². The van der Waals surface area contributed by atoms with Gasteiger partial charge in [0.1, 0.15) is 5.78 Å². The molecule has 0 N–H and O–H groups in total. The topological polar surface area (TPSA) is 17.1 Å². The Labute approximate surface area is 74.9 Å². The molecule has 1 aliphatic carbocycles. The molecule has 0 aliphatic heterocycles. The minimum Gasteiger partial charge on any atom is -0.300 e. The third-order valence-electron chi connectivity index (χ3n) is 3.23. The normalized spacial score (nSPS) is 30.3. The van der Waals surface area contributed by atoms with Crippen molar-refractivity contribution in [3.05, 3.63) is 12.2 Å². The number of carbonyl (C=O) groups excluding carboxylic acids is 1. The van der Waals surface area contributed by atoms with Crippen LogP contribution in [0.1, 0.15) is 46.0 Å². The Morgan fingerprint density at radius 2 is 2.33 bits per heavy atom. The molecule has 0 amide bonds. The van der Waals surface area contributed by atoms with Crippen LogP contribution in [0, 0.1) is 5.41 Å². The Bertz CT molecular complexity index is 205. The van der Waals surface area contributed by atoms with E-state index in [0.717, 1.165) is 32.1 Å². The van der Waals surface area contributed by atoms with Crippen molar-refractivity contribution in [3.63, 3.8) is 0 Å². The predicted octanol–water partition coefficient (Wildman–Crippen LogP) is 3.10. The summed E-state index contributed by atoms with van der Waals surface area (Å²) in [7, 11) is 0. The second-order valence-electron chi connectivity index (χ2n) is 3.98. The highest BCUT2D eigenvalue weighted by atomic mass is 16.1. The molecule has 0 aromatic heterocycles. The number of Topliss-reactive ketones (excluding diaryl/α,β-unsaturated/α-hetero) is 1. The molecule has 1 rings (SSSR count). The second-order valence-corrected chi connectivity index (χ2v) is 3.98. The Morgan fingerprint density at radius 1 is 1.67 bits per heavy atom. The number of hydrogen-bond acceptors (Lipinski definition) is 1. The molecule has 1 aliphatic rings. The molecule has 0 radical (unpaired) electrons. The summed E-state index contributed by atoms with van der Waals surface area (Å²) in [5.41, 5.74) is 1.34. The van der Waals surface area contributed by atoms with Crippen molar-refractivity contribution < 1.29 is 4.79 Å². The summed E-state index contributed by atoms with van der Waals surface area (Å²) in [4.78, 5) is 11.3. The first-order valence-corrected chi connectivity index (χ1v) is 4.78. The van der Waals surface area contributed by atoms with E-state index in [2.05, 4.69) is 20.4 Å². The number of allylic oxidation sites excluding steroid dienone is 1. The van der Waals surface area contributed by atoms with E-state index >= 15 is 0 Å². The molecule has 0 heterocycles. The first kappa shape index (κ1) is 9.50. The summed E-state index contributed by atoms with van der Waals surface area (Å²) in [6.45, 7) is 8.22. The minimum absolute atomic E-state index is 0.148. The summed E-state index contributed by atoms with van der Waals surface area (Å²) in [5, 5.41) is 0. The minimum atomic E-state index is 0.148. The standard InChI is InChI=1S/C11H18O/c1-4-11(9(2)3)7-5-6-10(12)8-11/h2,4-8H2,1,3H3. The van der Waals surface area contributed by atoms with Crippen molar-refractivity contribution >= 4 is 5.78 Å². The zero-order valence-corrected chi connectivity index (χ0v) is 8.15. The number of hydrogen-bond donors (Lipinski definition) is 0. The van der Waals surface area contributed by atoms with Gasteiger partial charge in [-0.2, -0.15) is 0 Å². The molecule has 1 unspecified atom stereocenters. The van der Waals surface area contributed by atoms with Crippen LogP contribution in [0.15, 0.2) is 12.2 Å². The maximum absolute atomic E-state index is 11.3. The zero-order chi connectivity index (χ0) is 9.19. The third kappa shape index (κ3) is 1.60. The maximum atomic E-state index is 11.3. The molecule has 1 atom stereocenters. The molecule has 0 saturated heterocycles. The lowest BCUT2D eigenvalue weighted by Crippen LogP contribution is -2.29. The first-order chi connectivity index (χ1) is 5.60. The van der Waals surface area contributed by atoms with Gasteiger partial charge in [-0.15, -0.1) is 0 Å². The van der Waals surface area contributed by atoms with Crippen molar-refractivity contribution in [2.24, 2.45) is 5.41 Å². The van der Waals surface area contributed by atoms with E-state index in [1.807, 2.05) is 0 Å². The smallest absolute Gasteiger partial charge is 0.133 e. The van der Waals surface area contributed by atoms with Gasteiger partial charge in [0.05, 0.1) is 0 Å². The Balaban J connectivity index is 2.78. The SMILES string of the molecule is C=C(C)C1(CC)CCCC(=O)C1. The monoisotopic (exact) mass is 166 g/mol. The van der Waals surface area contributed by atoms with E-state index in [0.29, 0.717) is 5.78 Å². The molecule has 1 fully saturated rings. The van der Waals surface area contributed by atoms with Crippen LogP contribution in [-0.4, -0.2) is 5.78 Å². The van der Waals surface area contributed by atoms with Gasteiger partial charge in [-0.05, 0) is 31.6 Å². The highest BCUT2D eigenvalue weighted by molar-refractivity contribution is 5.80. The van der Waals surface area contributed by atoms with Gasteiger partial charge in [0.25, 0.3) is 0 Å². The summed E-state index contributed by atoms with van der Waals surface area (Å²) in [5.74, 6) is 0.422. The van der Waals surface area contributed by atoms with Gasteiger partial charge in [-0.1, -0.05) is 19.1 Å². The van der Waals surface area contributed by atoms with Gasteiger partial charge < -0.3 is 0 Å². The highest BCUT2D eigenvalue weighted by Crippen LogP contribution is 2.42. The van der Waals surface area contributed by atoms with Crippen molar-refractivity contribution in [2.45, 2.75) is 46.0 Å². The molecule has 0 aromatic rings. The van der Waals surface area contributed by atoms with Crippen LogP contribution in [-0.2, 0) is 4.79 Å². The van der Waals surface area contributed by atoms with Crippen LogP contribution < -0.4 is 0 Å². The lowest BCUT2D eigenvalue weighted by Gasteiger charge is -2.36. The van der Waals surface area contributed by atoms with Crippen LogP contribution in [0.3, 0.4) is 0 Å². The average Bonchev–Trinajstić information content (AvgIpc) is 2.04. The zero-order valence-electron chi connectivity index (χ0n) is 8.15. The molecular weight excluding hydrogens is 148 g/mol. The lowest BCUT2D eigenvalue weighted by molar-refractivity contribution is -0.123. The van der Waals surface area contributed by atoms with E-state index in [4.69, 9.17) is 0 Å². The fourth-order valence-corrected chi connectivity index (χ4v) is 2.15. The maximum Gasteiger partial charge on any atom is 0.133 e. The average molecular weight is 166 g/mol. The number of carbonyl (C=O) groups is 1. The van der Waals surface area contributed by atoms with Gasteiger partial charge in [0.2, 0.25) is 0 Å². The largest absolute Gasteiger partial charge is 0.300 e. The van der Waals surface area contributed by atoms with Gasteiger partial charge in [-0.25, -0.2) is 0 Å². The molecule has 0 spiro atoms. The van der Waals surface area contributed by atoms with Crippen molar-refractivity contribution in [1.82, 2.24) is 0 Å². The van der Waals surface area contributed by atoms with Gasteiger partial charge in [-0.3, -0.25) is 4.79 Å². The Morgan fingerprint density at radius 3 is 2.67 bits per heavy atom. The van der Waals surface area contributed by atoms with E-state index in [1.54, 1.807) is 0 Å². The summed E-state index contributed by atoms with van der Waals surface area (Å²) >= 11 is 0. The fraction of sp³-hybridized carbons (Fsp3) is 0.727. The quantitative estimate of drug-likeness (QED) is 0.576. The highest BCUT2D eigenvalue weighted by Gasteiger charge is 2.34. The van der Waals surface area contributed by atoms with E-state index in [9.17, 15) is 4.79 Å². The molecular formula is C11H18O. The summed E-state index contributed by atoms with van der Waals surface area (Å²) in [6, 6.07) is 0. The molecule has 1 heteroatoms. The van der Waals surface area contributed by atoms with Crippen LogP contribution in [0.25, 0.3) is 0 Å². The van der Waals surface area contributed by atoms with E-state index in [1.165, 1.54) is 5.57 Å². The van der Waals surface area contributed by atoms with Crippen molar-refractivity contribution in [1.29, 1.82) is 0 Å². The number of ketones is 1. The lowest BCUT2D eigenvalue weighted by atomic mass is 9.68. The summed E-state index contributed by atoms with van der Waals surface area (Å²) < 4.78 is 0. The Kier molecular flexibility index (Phi) is 2.71.